The lowest BCUT2D eigenvalue weighted by Crippen LogP contribution is -2.54. The van der Waals surface area contributed by atoms with Crippen molar-refractivity contribution in [3.05, 3.63) is 64.5 Å². The highest BCUT2D eigenvalue weighted by Gasteiger charge is 2.29. The Hall–Kier alpha value is -2.93. The van der Waals surface area contributed by atoms with E-state index < -0.39 is 12.1 Å². The number of piperazine rings is 1. The van der Waals surface area contributed by atoms with Crippen molar-refractivity contribution in [2.45, 2.75) is 46.3 Å². The van der Waals surface area contributed by atoms with Gasteiger partial charge < -0.3 is 14.7 Å². The maximum absolute atomic E-state index is 14.3. The Bertz CT molecular complexity index is 994. The summed E-state index contributed by atoms with van der Waals surface area (Å²) in [5.74, 6) is -0.592. The summed E-state index contributed by atoms with van der Waals surface area (Å²) in [7, 11) is 0. The molecule has 172 valence electrons. The Labute approximate surface area is 188 Å². The number of carboxylic acid groups (broad SMARTS) is 1. The molecule has 0 radical (unpaired) electrons. The second-order valence-electron chi connectivity index (χ2n) is 8.45. The number of carboxylic acids is 1. The molecule has 0 spiro atoms. The van der Waals surface area contributed by atoms with Crippen LogP contribution >= 0.6 is 0 Å². The predicted molar refractivity (Wildman–Crippen MR) is 121 cm³/mol. The minimum absolute atomic E-state index is 0.0868. The Kier molecular flexibility index (Phi) is 7.51. The quantitative estimate of drug-likeness (QED) is 0.696. The number of benzene rings is 2. The molecule has 1 amide bonds. The first-order chi connectivity index (χ1) is 15.2. The fourth-order valence-corrected chi connectivity index (χ4v) is 4.14. The van der Waals surface area contributed by atoms with Gasteiger partial charge in [-0.1, -0.05) is 19.1 Å². The summed E-state index contributed by atoms with van der Waals surface area (Å²) in [5.41, 5.74) is 2.10. The van der Waals surface area contributed by atoms with E-state index >= 15 is 0 Å². The Morgan fingerprint density at radius 3 is 2.50 bits per heavy atom. The van der Waals surface area contributed by atoms with E-state index in [0.717, 1.165) is 0 Å². The number of aryl methyl sites for hydroxylation is 2. The van der Waals surface area contributed by atoms with Crippen LogP contribution in [0.25, 0.3) is 0 Å². The maximum atomic E-state index is 14.3. The van der Waals surface area contributed by atoms with Gasteiger partial charge in [0.15, 0.2) is 0 Å². The van der Waals surface area contributed by atoms with Crippen molar-refractivity contribution < 1.29 is 23.8 Å². The molecule has 7 heteroatoms. The molecular formula is C25H31FN2O4. The summed E-state index contributed by atoms with van der Waals surface area (Å²) >= 11 is 0. The van der Waals surface area contributed by atoms with E-state index in [-0.39, 0.29) is 23.3 Å². The smallest absolute Gasteiger partial charge is 0.335 e. The number of carbonyl (C=O) groups is 2. The number of halogens is 1. The molecule has 1 fully saturated rings. The Balaban J connectivity index is 1.82. The number of amides is 1. The van der Waals surface area contributed by atoms with Crippen LogP contribution in [-0.4, -0.2) is 59.0 Å². The first-order valence-electron chi connectivity index (χ1n) is 11.0. The number of ether oxygens (including phenoxy) is 1. The van der Waals surface area contributed by atoms with E-state index in [4.69, 9.17) is 4.74 Å². The van der Waals surface area contributed by atoms with Crippen LogP contribution in [0.1, 0.15) is 53.4 Å². The van der Waals surface area contributed by atoms with Crippen molar-refractivity contribution in [1.29, 1.82) is 0 Å². The van der Waals surface area contributed by atoms with Crippen molar-refractivity contribution in [2.75, 3.05) is 26.2 Å². The molecule has 1 unspecified atom stereocenters. The lowest BCUT2D eigenvalue weighted by molar-refractivity contribution is -0.135. The summed E-state index contributed by atoms with van der Waals surface area (Å²) < 4.78 is 20.6. The van der Waals surface area contributed by atoms with Gasteiger partial charge in [-0.3, -0.25) is 9.69 Å². The highest BCUT2D eigenvalue weighted by Crippen LogP contribution is 2.27. The molecule has 1 saturated heterocycles. The molecule has 1 aliphatic heterocycles. The maximum Gasteiger partial charge on any atom is 0.335 e. The SMILES string of the molecule is CCC(=O)N1CCN(CC(Oc2ccc(C(=O)O)c(C)c2)c2ccc(C)c(F)c2)C[C@H]1C. The molecule has 1 heterocycles. The average molecular weight is 443 g/mol. The number of carbonyl (C=O) groups excluding carboxylic acids is 1. The lowest BCUT2D eigenvalue weighted by atomic mass is 10.0. The summed E-state index contributed by atoms with van der Waals surface area (Å²) in [5, 5.41) is 9.28. The first-order valence-corrected chi connectivity index (χ1v) is 11.0. The molecule has 0 aromatic heterocycles. The zero-order valence-corrected chi connectivity index (χ0v) is 19.1. The standard InChI is InChI=1S/C25H31FN2O4/c1-5-24(29)28-11-10-27(14-18(28)4)15-23(19-7-6-16(2)22(26)13-19)32-20-8-9-21(25(30)31)17(3)12-20/h6-9,12-13,18,23H,5,10-11,14-15H2,1-4H3,(H,30,31)/t18-,23?/m1/s1. The van der Waals surface area contributed by atoms with Gasteiger partial charge in [0.2, 0.25) is 5.91 Å². The molecule has 32 heavy (non-hydrogen) atoms. The second-order valence-corrected chi connectivity index (χ2v) is 8.45. The van der Waals surface area contributed by atoms with Gasteiger partial charge >= 0.3 is 5.97 Å². The number of hydrogen-bond donors (Lipinski definition) is 1. The number of rotatable bonds is 7. The summed E-state index contributed by atoms with van der Waals surface area (Å²) in [6.07, 6.45) is 0.0468. The number of nitrogens with zero attached hydrogens (tertiary/aromatic N) is 2. The van der Waals surface area contributed by atoms with Crippen molar-refractivity contribution in [2.24, 2.45) is 0 Å². The minimum Gasteiger partial charge on any atom is -0.484 e. The zero-order valence-electron chi connectivity index (χ0n) is 19.1. The van der Waals surface area contributed by atoms with E-state index in [1.165, 1.54) is 12.1 Å². The Morgan fingerprint density at radius 1 is 1.16 bits per heavy atom. The third-order valence-corrected chi connectivity index (χ3v) is 6.03. The highest BCUT2D eigenvalue weighted by atomic mass is 19.1. The van der Waals surface area contributed by atoms with E-state index in [1.54, 1.807) is 32.0 Å². The molecule has 3 rings (SSSR count). The van der Waals surface area contributed by atoms with E-state index in [1.807, 2.05) is 24.8 Å². The van der Waals surface area contributed by atoms with Crippen LogP contribution in [-0.2, 0) is 4.79 Å². The summed E-state index contributed by atoms with van der Waals surface area (Å²) in [4.78, 5) is 27.6. The van der Waals surface area contributed by atoms with E-state index in [0.29, 0.717) is 55.0 Å². The van der Waals surface area contributed by atoms with Crippen molar-refractivity contribution in [3.63, 3.8) is 0 Å². The second kappa shape index (κ2) is 10.1. The summed E-state index contributed by atoms with van der Waals surface area (Å²) in [6.45, 7) is 9.94. The molecule has 1 N–H and O–H groups in total. The van der Waals surface area contributed by atoms with Gasteiger partial charge in [-0.2, -0.15) is 0 Å². The number of hydrogen-bond acceptors (Lipinski definition) is 4. The first kappa shape index (κ1) is 23.7. The van der Waals surface area contributed by atoms with Crippen LogP contribution < -0.4 is 4.74 Å². The van der Waals surface area contributed by atoms with E-state index in [9.17, 15) is 19.1 Å². The third kappa shape index (κ3) is 5.46. The van der Waals surface area contributed by atoms with Gasteiger partial charge in [0.25, 0.3) is 0 Å². The molecule has 2 atom stereocenters. The van der Waals surface area contributed by atoms with Crippen LogP contribution in [0, 0.1) is 19.7 Å². The van der Waals surface area contributed by atoms with Crippen LogP contribution in [0.15, 0.2) is 36.4 Å². The van der Waals surface area contributed by atoms with Gasteiger partial charge in [0.05, 0.1) is 5.56 Å². The molecule has 2 aromatic rings. The van der Waals surface area contributed by atoms with Gasteiger partial charge in [0.1, 0.15) is 17.7 Å². The minimum atomic E-state index is -0.986. The number of aromatic carboxylic acids is 1. The Morgan fingerprint density at radius 2 is 1.91 bits per heavy atom. The van der Waals surface area contributed by atoms with Crippen LogP contribution in [0.3, 0.4) is 0 Å². The molecule has 0 saturated carbocycles. The molecule has 0 aliphatic carbocycles. The normalized spacial score (nSPS) is 17.8. The fraction of sp³-hybridized carbons (Fsp3) is 0.440. The molecule has 0 bridgehead atoms. The molecule has 2 aromatic carbocycles. The van der Waals surface area contributed by atoms with Crippen LogP contribution in [0.4, 0.5) is 4.39 Å². The predicted octanol–water partition coefficient (Wildman–Crippen LogP) is 4.20. The third-order valence-electron chi connectivity index (χ3n) is 6.03. The van der Waals surface area contributed by atoms with Gasteiger partial charge in [-0.25, -0.2) is 9.18 Å². The average Bonchev–Trinajstić information content (AvgIpc) is 2.74. The monoisotopic (exact) mass is 442 g/mol. The van der Waals surface area contributed by atoms with Crippen LogP contribution in [0.2, 0.25) is 0 Å². The lowest BCUT2D eigenvalue weighted by Gasteiger charge is -2.41. The van der Waals surface area contributed by atoms with Crippen molar-refractivity contribution >= 4 is 11.9 Å². The zero-order chi connectivity index (χ0) is 23.4. The highest BCUT2D eigenvalue weighted by molar-refractivity contribution is 5.89. The van der Waals surface area contributed by atoms with Gasteiger partial charge in [0, 0.05) is 38.6 Å². The van der Waals surface area contributed by atoms with Crippen LogP contribution in [0.5, 0.6) is 5.75 Å². The fourth-order valence-electron chi connectivity index (χ4n) is 4.14. The van der Waals surface area contributed by atoms with Gasteiger partial charge in [-0.15, -0.1) is 0 Å². The molecule has 6 nitrogen and oxygen atoms in total. The van der Waals surface area contributed by atoms with Crippen molar-refractivity contribution in [3.8, 4) is 5.75 Å². The molecular weight excluding hydrogens is 411 g/mol. The molecule has 1 aliphatic rings. The topological polar surface area (TPSA) is 70.1 Å². The van der Waals surface area contributed by atoms with E-state index in [2.05, 4.69) is 4.90 Å². The van der Waals surface area contributed by atoms with Gasteiger partial charge in [-0.05, 0) is 61.7 Å². The van der Waals surface area contributed by atoms with Crippen molar-refractivity contribution in [1.82, 2.24) is 9.80 Å². The largest absolute Gasteiger partial charge is 0.484 e. The summed E-state index contributed by atoms with van der Waals surface area (Å²) in [6, 6.07) is 10.0.